The van der Waals surface area contributed by atoms with Gasteiger partial charge in [0.2, 0.25) is 0 Å². The third-order valence-corrected chi connectivity index (χ3v) is 3.78. The topological polar surface area (TPSA) is 18.5 Å². The van der Waals surface area contributed by atoms with Crippen LogP contribution in [0.25, 0.3) is 0 Å². The summed E-state index contributed by atoms with van der Waals surface area (Å²) in [6, 6.07) is 0. The summed E-state index contributed by atoms with van der Waals surface area (Å²) in [6.45, 7) is 7.87. The molecule has 1 rings (SSSR count). The summed E-state index contributed by atoms with van der Waals surface area (Å²) in [5, 5.41) is 0. The monoisotopic (exact) mass is 268 g/mol. The van der Waals surface area contributed by atoms with Gasteiger partial charge in [0, 0.05) is 12.8 Å². The van der Waals surface area contributed by atoms with Crippen molar-refractivity contribution < 1.29 is 9.47 Å². The first-order chi connectivity index (χ1) is 9.33. The number of ether oxygens (including phenoxy) is 2. The molecular formula is C17H32O2. The summed E-state index contributed by atoms with van der Waals surface area (Å²) in [7, 11) is 0. The average Bonchev–Trinajstić information content (AvgIpc) is 2.89. The predicted molar refractivity (Wildman–Crippen MR) is 81.3 cm³/mol. The second-order valence-electron chi connectivity index (χ2n) is 5.72. The predicted octanol–water partition coefficient (Wildman–Crippen LogP) is 5.23. The molecule has 1 aliphatic heterocycles. The smallest absolute Gasteiger partial charge is 0.124 e. The van der Waals surface area contributed by atoms with E-state index in [0.29, 0.717) is 0 Å². The lowest BCUT2D eigenvalue weighted by atomic mass is 10.1. The molecule has 2 heteroatoms. The average molecular weight is 268 g/mol. The van der Waals surface area contributed by atoms with Crippen molar-refractivity contribution in [1.29, 1.82) is 0 Å². The molecule has 112 valence electrons. The third-order valence-electron chi connectivity index (χ3n) is 3.78. The van der Waals surface area contributed by atoms with E-state index in [2.05, 4.69) is 13.5 Å². The summed E-state index contributed by atoms with van der Waals surface area (Å²) in [5.74, 6) is 0.957. The van der Waals surface area contributed by atoms with Gasteiger partial charge in [0.05, 0.1) is 19.0 Å². The summed E-state index contributed by atoms with van der Waals surface area (Å²) in [5.41, 5.74) is 0. The Morgan fingerprint density at radius 1 is 1.05 bits per heavy atom. The normalized spacial score (nSPS) is 18.7. The highest BCUT2D eigenvalue weighted by molar-refractivity contribution is 4.84. The van der Waals surface area contributed by atoms with Gasteiger partial charge in [-0.15, -0.1) is 0 Å². The molecule has 0 saturated carbocycles. The van der Waals surface area contributed by atoms with Gasteiger partial charge < -0.3 is 9.47 Å². The fourth-order valence-electron chi connectivity index (χ4n) is 2.53. The molecule has 0 amide bonds. The van der Waals surface area contributed by atoms with Crippen LogP contribution in [-0.2, 0) is 9.47 Å². The van der Waals surface area contributed by atoms with Gasteiger partial charge in [-0.05, 0) is 6.42 Å². The fourth-order valence-corrected chi connectivity index (χ4v) is 2.53. The maximum Gasteiger partial charge on any atom is 0.124 e. The van der Waals surface area contributed by atoms with E-state index in [1.54, 1.807) is 0 Å². The van der Waals surface area contributed by atoms with E-state index in [1.807, 2.05) is 0 Å². The zero-order valence-corrected chi connectivity index (χ0v) is 12.8. The molecule has 1 aliphatic rings. The van der Waals surface area contributed by atoms with E-state index >= 15 is 0 Å². The Bertz CT molecular complexity index is 219. The molecule has 0 aromatic carbocycles. The molecule has 0 radical (unpaired) electrons. The number of hydrogen-bond acceptors (Lipinski definition) is 2. The minimum atomic E-state index is 0.270. The van der Waals surface area contributed by atoms with Crippen molar-refractivity contribution in [2.24, 2.45) is 0 Å². The lowest BCUT2D eigenvalue weighted by molar-refractivity contribution is 0.0874. The summed E-state index contributed by atoms with van der Waals surface area (Å²) in [4.78, 5) is 0. The minimum Gasteiger partial charge on any atom is -0.493 e. The van der Waals surface area contributed by atoms with E-state index in [0.717, 1.165) is 31.8 Å². The van der Waals surface area contributed by atoms with Crippen LogP contribution in [0, 0.1) is 0 Å². The van der Waals surface area contributed by atoms with E-state index in [1.165, 1.54) is 57.8 Å². The molecule has 1 heterocycles. The molecule has 0 N–H and O–H groups in total. The van der Waals surface area contributed by atoms with Crippen LogP contribution < -0.4 is 0 Å². The Morgan fingerprint density at radius 2 is 1.68 bits per heavy atom. The van der Waals surface area contributed by atoms with Gasteiger partial charge in [-0.25, -0.2) is 0 Å². The molecule has 0 aliphatic carbocycles. The van der Waals surface area contributed by atoms with Crippen LogP contribution in [0.4, 0.5) is 0 Å². The molecule has 1 saturated heterocycles. The van der Waals surface area contributed by atoms with Crippen molar-refractivity contribution in [3.05, 3.63) is 12.3 Å². The Balaban J connectivity index is 1.80. The summed E-state index contributed by atoms with van der Waals surface area (Å²) in [6.07, 6.45) is 14.6. The third kappa shape index (κ3) is 9.10. The van der Waals surface area contributed by atoms with Crippen LogP contribution in [0.5, 0.6) is 0 Å². The number of rotatable bonds is 12. The summed E-state index contributed by atoms with van der Waals surface area (Å²) >= 11 is 0. The standard InChI is InChI=1S/C17H32O2/c1-3-4-5-6-7-8-9-10-11-12-16(2)19-17-13-14-18-15-17/h17H,2-15H2,1H3/t17-/m1/s1. The fraction of sp³-hybridized carbons (Fsp3) is 0.882. The lowest BCUT2D eigenvalue weighted by Crippen LogP contribution is -2.11. The van der Waals surface area contributed by atoms with Crippen LogP contribution in [0.15, 0.2) is 12.3 Å². The highest BCUT2D eigenvalue weighted by Crippen LogP contribution is 2.17. The van der Waals surface area contributed by atoms with Gasteiger partial charge in [0.15, 0.2) is 0 Å². The van der Waals surface area contributed by atoms with Gasteiger partial charge in [-0.1, -0.05) is 64.9 Å². The van der Waals surface area contributed by atoms with E-state index in [4.69, 9.17) is 9.47 Å². The Morgan fingerprint density at radius 3 is 2.26 bits per heavy atom. The number of hydrogen-bond donors (Lipinski definition) is 0. The Hall–Kier alpha value is -0.500. The van der Waals surface area contributed by atoms with E-state index < -0.39 is 0 Å². The first kappa shape index (κ1) is 16.6. The molecule has 0 bridgehead atoms. The largest absolute Gasteiger partial charge is 0.493 e. The summed E-state index contributed by atoms with van der Waals surface area (Å²) < 4.78 is 11.1. The van der Waals surface area contributed by atoms with Crippen molar-refractivity contribution >= 4 is 0 Å². The Labute approximate surface area is 119 Å². The van der Waals surface area contributed by atoms with Gasteiger partial charge in [-0.2, -0.15) is 0 Å². The molecule has 1 fully saturated rings. The first-order valence-electron chi connectivity index (χ1n) is 8.25. The molecule has 2 nitrogen and oxygen atoms in total. The van der Waals surface area contributed by atoms with Crippen molar-refractivity contribution in [2.45, 2.75) is 83.7 Å². The minimum absolute atomic E-state index is 0.270. The molecular weight excluding hydrogens is 236 g/mol. The highest BCUT2D eigenvalue weighted by Gasteiger charge is 2.17. The van der Waals surface area contributed by atoms with Gasteiger partial charge in [0.25, 0.3) is 0 Å². The van der Waals surface area contributed by atoms with Crippen LogP contribution in [0.1, 0.15) is 77.6 Å². The van der Waals surface area contributed by atoms with Crippen LogP contribution in [0.3, 0.4) is 0 Å². The van der Waals surface area contributed by atoms with Crippen LogP contribution in [-0.4, -0.2) is 19.3 Å². The van der Waals surface area contributed by atoms with Crippen LogP contribution in [0.2, 0.25) is 0 Å². The molecule has 0 unspecified atom stereocenters. The molecule has 0 aromatic heterocycles. The maximum absolute atomic E-state index is 5.76. The molecule has 19 heavy (non-hydrogen) atoms. The SMILES string of the molecule is C=C(CCCCCCCCCCC)O[C@@H]1CCOC1. The van der Waals surface area contributed by atoms with Gasteiger partial charge in [-0.3, -0.25) is 0 Å². The zero-order valence-electron chi connectivity index (χ0n) is 12.8. The van der Waals surface area contributed by atoms with E-state index in [-0.39, 0.29) is 6.10 Å². The van der Waals surface area contributed by atoms with Crippen molar-refractivity contribution in [2.75, 3.05) is 13.2 Å². The molecule has 0 spiro atoms. The maximum atomic E-state index is 5.76. The molecule has 1 atom stereocenters. The number of allylic oxidation sites excluding steroid dienone is 1. The van der Waals surface area contributed by atoms with Gasteiger partial charge >= 0.3 is 0 Å². The van der Waals surface area contributed by atoms with Gasteiger partial charge in [0.1, 0.15) is 6.10 Å². The van der Waals surface area contributed by atoms with Crippen LogP contribution >= 0.6 is 0 Å². The second kappa shape index (κ2) is 11.3. The first-order valence-corrected chi connectivity index (χ1v) is 8.25. The number of unbranched alkanes of at least 4 members (excludes halogenated alkanes) is 8. The quantitative estimate of drug-likeness (QED) is 0.356. The molecule has 0 aromatic rings. The van der Waals surface area contributed by atoms with Crippen molar-refractivity contribution in [3.63, 3.8) is 0 Å². The van der Waals surface area contributed by atoms with Crippen molar-refractivity contribution in [3.8, 4) is 0 Å². The second-order valence-corrected chi connectivity index (χ2v) is 5.72. The zero-order chi connectivity index (χ0) is 13.8. The van der Waals surface area contributed by atoms with E-state index in [9.17, 15) is 0 Å². The van der Waals surface area contributed by atoms with Crippen molar-refractivity contribution in [1.82, 2.24) is 0 Å². The Kier molecular flexibility index (Phi) is 9.88. The lowest BCUT2D eigenvalue weighted by Gasteiger charge is -2.13. The highest BCUT2D eigenvalue weighted by atomic mass is 16.5.